The van der Waals surface area contributed by atoms with Gasteiger partial charge in [-0.1, -0.05) is 5.11 Å². The molecule has 0 saturated carbocycles. The van der Waals surface area contributed by atoms with Gasteiger partial charge in [0.05, 0.1) is 0 Å². The van der Waals surface area contributed by atoms with Gasteiger partial charge >= 0.3 is 6.03 Å². The van der Waals surface area contributed by atoms with Gasteiger partial charge in [-0.25, -0.2) is 4.79 Å². The largest absolute Gasteiger partial charge is 0.326 e. The summed E-state index contributed by atoms with van der Waals surface area (Å²) >= 11 is 0. The Morgan fingerprint density at radius 2 is 2.29 bits per heavy atom. The number of carbonyl (C=O) groups excluding carboxylic acids is 2. The predicted molar refractivity (Wildman–Crippen MR) is 48.4 cm³/mol. The number of urea groups is 1. The number of azide groups is 1. The van der Waals surface area contributed by atoms with Crippen molar-refractivity contribution in [1.82, 2.24) is 9.80 Å². The molecule has 0 spiro atoms. The van der Waals surface area contributed by atoms with E-state index in [9.17, 15) is 9.59 Å². The molecule has 0 radical (unpaired) electrons. The van der Waals surface area contributed by atoms with Crippen LogP contribution in [0.1, 0.15) is 6.42 Å². The van der Waals surface area contributed by atoms with Gasteiger partial charge in [-0.2, -0.15) is 0 Å². The van der Waals surface area contributed by atoms with Gasteiger partial charge in [-0.15, -0.1) is 0 Å². The summed E-state index contributed by atoms with van der Waals surface area (Å²) in [7, 11) is 1.58. The maximum absolute atomic E-state index is 11.3. The first kappa shape index (κ1) is 10.3. The lowest BCUT2D eigenvalue weighted by molar-refractivity contribution is -0.125. The number of nitrogens with zero attached hydrogens (tertiary/aromatic N) is 5. The Labute approximate surface area is 80.9 Å². The summed E-state index contributed by atoms with van der Waals surface area (Å²) < 4.78 is 0. The minimum absolute atomic E-state index is 0.139. The zero-order valence-electron chi connectivity index (χ0n) is 7.88. The lowest BCUT2D eigenvalue weighted by atomic mass is 10.4. The first-order chi connectivity index (χ1) is 6.66. The molecule has 3 amide bonds. The number of rotatable bonds is 4. The summed E-state index contributed by atoms with van der Waals surface area (Å²) in [6.07, 6.45) is 0.509. The van der Waals surface area contributed by atoms with Gasteiger partial charge in [0, 0.05) is 25.0 Å². The standard InChI is InChI=1S/C7H11N5O2/c1-11-5-6(13)12(7(11)14)4-2-3-9-10-8/h2-5H2,1H3. The number of hydrogen-bond donors (Lipinski definition) is 0. The summed E-state index contributed by atoms with van der Waals surface area (Å²) in [5.74, 6) is -0.196. The number of amides is 3. The molecule has 7 nitrogen and oxygen atoms in total. The van der Waals surface area contributed by atoms with Gasteiger partial charge in [-0.05, 0) is 12.0 Å². The third kappa shape index (κ3) is 2.14. The second-order valence-electron chi connectivity index (χ2n) is 2.99. The van der Waals surface area contributed by atoms with E-state index in [-0.39, 0.29) is 18.5 Å². The molecule has 14 heavy (non-hydrogen) atoms. The zero-order valence-corrected chi connectivity index (χ0v) is 7.88. The van der Waals surface area contributed by atoms with E-state index in [0.717, 1.165) is 0 Å². The maximum Gasteiger partial charge on any atom is 0.326 e. The van der Waals surface area contributed by atoms with Gasteiger partial charge in [0.1, 0.15) is 6.54 Å². The number of imide groups is 1. The van der Waals surface area contributed by atoms with Crippen LogP contribution in [0.5, 0.6) is 0 Å². The van der Waals surface area contributed by atoms with Gasteiger partial charge < -0.3 is 4.90 Å². The molecule has 0 aromatic carbocycles. The Bertz CT molecular complexity index is 296. The first-order valence-electron chi connectivity index (χ1n) is 4.23. The maximum atomic E-state index is 11.3. The molecule has 1 saturated heterocycles. The second kappa shape index (κ2) is 4.48. The molecule has 7 heteroatoms. The molecule has 76 valence electrons. The lowest BCUT2D eigenvalue weighted by Crippen LogP contribution is -2.32. The van der Waals surface area contributed by atoms with Crippen molar-refractivity contribution >= 4 is 11.9 Å². The highest BCUT2D eigenvalue weighted by Crippen LogP contribution is 2.07. The molecular weight excluding hydrogens is 186 g/mol. The topological polar surface area (TPSA) is 89.4 Å². The highest BCUT2D eigenvalue weighted by molar-refractivity contribution is 6.01. The minimum Gasteiger partial charge on any atom is -0.318 e. The van der Waals surface area contributed by atoms with Crippen molar-refractivity contribution in [2.75, 3.05) is 26.7 Å². The highest BCUT2D eigenvalue weighted by atomic mass is 16.2. The molecule has 0 aromatic heterocycles. The van der Waals surface area contributed by atoms with Crippen molar-refractivity contribution in [3.63, 3.8) is 0 Å². The molecular formula is C7H11N5O2. The van der Waals surface area contributed by atoms with Crippen molar-refractivity contribution in [3.8, 4) is 0 Å². The average Bonchev–Trinajstić information content (AvgIpc) is 2.38. The summed E-state index contributed by atoms with van der Waals surface area (Å²) in [5.41, 5.74) is 8.01. The molecule has 0 atom stereocenters. The first-order valence-corrected chi connectivity index (χ1v) is 4.23. The summed E-state index contributed by atoms with van der Waals surface area (Å²) in [6.45, 7) is 0.763. The van der Waals surface area contributed by atoms with Crippen LogP contribution < -0.4 is 0 Å². The van der Waals surface area contributed by atoms with Gasteiger partial charge in [0.25, 0.3) is 0 Å². The van der Waals surface area contributed by atoms with E-state index >= 15 is 0 Å². The lowest BCUT2D eigenvalue weighted by Gasteiger charge is -2.12. The quantitative estimate of drug-likeness (QED) is 0.217. The second-order valence-corrected chi connectivity index (χ2v) is 2.99. The van der Waals surface area contributed by atoms with Crippen molar-refractivity contribution in [1.29, 1.82) is 0 Å². The number of hydrogen-bond acceptors (Lipinski definition) is 3. The highest BCUT2D eigenvalue weighted by Gasteiger charge is 2.32. The van der Waals surface area contributed by atoms with Crippen LogP contribution in [-0.4, -0.2) is 48.4 Å². The van der Waals surface area contributed by atoms with Crippen molar-refractivity contribution in [3.05, 3.63) is 10.4 Å². The summed E-state index contributed by atoms with van der Waals surface area (Å²) in [5, 5.41) is 3.32. The Balaban J connectivity index is 2.40. The smallest absolute Gasteiger partial charge is 0.318 e. The van der Waals surface area contributed by atoms with Crippen molar-refractivity contribution in [2.45, 2.75) is 6.42 Å². The fourth-order valence-electron chi connectivity index (χ4n) is 1.23. The van der Waals surface area contributed by atoms with E-state index < -0.39 is 0 Å². The Morgan fingerprint density at radius 3 is 2.79 bits per heavy atom. The third-order valence-corrected chi connectivity index (χ3v) is 1.93. The Morgan fingerprint density at radius 1 is 1.57 bits per heavy atom. The molecule has 0 unspecified atom stereocenters. The average molecular weight is 197 g/mol. The van der Waals surface area contributed by atoms with E-state index in [2.05, 4.69) is 10.0 Å². The molecule has 1 heterocycles. The fraction of sp³-hybridized carbons (Fsp3) is 0.714. The van der Waals surface area contributed by atoms with Crippen LogP contribution in [0.25, 0.3) is 10.4 Å². The number of likely N-dealkylation sites (N-methyl/N-ethyl adjacent to an activating group) is 1. The number of carbonyl (C=O) groups is 2. The summed E-state index contributed by atoms with van der Waals surface area (Å²) in [6, 6.07) is -0.282. The van der Waals surface area contributed by atoms with Crippen LogP contribution >= 0.6 is 0 Å². The van der Waals surface area contributed by atoms with Crippen molar-refractivity contribution in [2.24, 2.45) is 5.11 Å². The van der Waals surface area contributed by atoms with Crippen LogP contribution in [0.4, 0.5) is 4.79 Å². The molecule has 1 aliphatic heterocycles. The molecule has 1 fully saturated rings. The predicted octanol–water partition coefficient (Wildman–Crippen LogP) is 0.581. The van der Waals surface area contributed by atoms with E-state index in [1.54, 1.807) is 7.05 Å². The van der Waals surface area contributed by atoms with Crippen molar-refractivity contribution < 1.29 is 9.59 Å². The van der Waals surface area contributed by atoms with Crippen LogP contribution in [0.15, 0.2) is 5.11 Å². The molecule has 0 aliphatic carbocycles. The Hall–Kier alpha value is -1.75. The van der Waals surface area contributed by atoms with Crippen LogP contribution in [0.3, 0.4) is 0 Å². The minimum atomic E-state index is -0.282. The molecule has 0 N–H and O–H groups in total. The molecule has 0 aromatic rings. The molecule has 0 bridgehead atoms. The van der Waals surface area contributed by atoms with E-state index in [1.165, 1.54) is 9.80 Å². The van der Waals surface area contributed by atoms with Gasteiger partial charge in [0.15, 0.2) is 0 Å². The Kier molecular flexibility index (Phi) is 3.30. The van der Waals surface area contributed by atoms with Crippen LogP contribution in [0.2, 0.25) is 0 Å². The van der Waals surface area contributed by atoms with E-state index in [4.69, 9.17) is 5.53 Å². The molecule has 1 rings (SSSR count). The third-order valence-electron chi connectivity index (χ3n) is 1.93. The monoisotopic (exact) mass is 197 g/mol. The molecule has 1 aliphatic rings. The van der Waals surface area contributed by atoms with Gasteiger partial charge in [0.2, 0.25) is 5.91 Å². The van der Waals surface area contributed by atoms with E-state index in [1.807, 2.05) is 0 Å². The van der Waals surface area contributed by atoms with Crippen LogP contribution in [-0.2, 0) is 4.79 Å². The summed E-state index contributed by atoms with van der Waals surface area (Å²) in [4.78, 5) is 27.6. The fourth-order valence-corrected chi connectivity index (χ4v) is 1.23. The van der Waals surface area contributed by atoms with Crippen LogP contribution in [0, 0.1) is 0 Å². The normalized spacial score (nSPS) is 16.1. The van der Waals surface area contributed by atoms with Gasteiger partial charge in [-0.3, -0.25) is 9.69 Å². The SMILES string of the molecule is CN1CC(=O)N(CCCN=[N+]=[N-])C1=O. The zero-order chi connectivity index (χ0) is 10.6. The van der Waals surface area contributed by atoms with E-state index in [0.29, 0.717) is 19.5 Å².